The number of aliphatic imine (C=N–C) groups is 1. The molecule has 0 aliphatic heterocycles. The number of nitrogens with one attached hydrogen (secondary N) is 1. The van der Waals surface area contributed by atoms with Crippen molar-refractivity contribution in [2.45, 2.75) is 45.1 Å². The van der Waals surface area contributed by atoms with Gasteiger partial charge in [-0.2, -0.15) is 0 Å². The Morgan fingerprint density at radius 3 is 2.39 bits per heavy atom. The van der Waals surface area contributed by atoms with Gasteiger partial charge in [-0.3, -0.25) is 4.99 Å². The van der Waals surface area contributed by atoms with Gasteiger partial charge >= 0.3 is 0 Å². The molecule has 1 atom stereocenters. The average Bonchev–Trinajstić information content (AvgIpc) is 2.50. The maximum absolute atomic E-state index is 6.04. The Morgan fingerprint density at radius 2 is 1.83 bits per heavy atom. The van der Waals surface area contributed by atoms with Crippen molar-refractivity contribution in [2.24, 2.45) is 16.6 Å². The third-order valence-corrected chi connectivity index (χ3v) is 4.63. The highest BCUT2D eigenvalue weighted by Gasteiger charge is 2.24. The number of guanidine groups is 1. The third kappa shape index (κ3) is 6.67. The molecule has 4 nitrogen and oxygen atoms in total. The van der Waals surface area contributed by atoms with Gasteiger partial charge in [0.05, 0.1) is 6.54 Å². The summed E-state index contributed by atoms with van der Waals surface area (Å²) < 4.78 is 0. The van der Waals surface area contributed by atoms with Crippen LogP contribution < -0.4 is 11.1 Å². The van der Waals surface area contributed by atoms with E-state index in [1.54, 1.807) is 0 Å². The van der Waals surface area contributed by atoms with E-state index in [9.17, 15) is 0 Å². The van der Waals surface area contributed by atoms with E-state index in [0.29, 0.717) is 12.0 Å². The first-order valence-electron chi connectivity index (χ1n) is 8.36. The fourth-order valence-corrected chi connectivity index (χ4v) is 3.27. The Morgan fingerprint density at radius 1 is 1.22 bits per heavy atom. The van der Waals surface area contributed by atoms with Gasteiger partial charge in [-0.15, -0.1) is 24.0 Å². The van der Waals surface area contributed by atoms with E-state index in [1.807, 2.05) is 12.1 Å². The molecule has 1 aromatic rings. The van der Waals surface area contributed by atoms with Gasteiger partial charge in [0, 0.05) is 11.7 Å². The lowest BCUT2D eigenvalue weighted by Crippen LogP contribution is -2.39. The zero-order chi connectivity index (χ0) is 15.9. The Kier molecular flexibility index (Phi) is 8.91. The topological polar surface area (TPSA) is 53.6 Å². The van der Waals surface area contributed by atoms with Gasteiger partial charge in [0.25, 0.3) is 0 Å². The van der Waals surface area contributed by atoms with Crippen LogP contribution in [0, 0.1) is 12.8 Å². The van der Waals surface area contributed by atoms with Gasteiger partial charge in [-0.25, -0.2) is 0 Å². The molecular formula is C18H31IN4. The van der Waals surface area contributed by atoms with Crippen LogP contribution in [0.3, 0.4) is 0 Å². The van der Waals surface area contributed by atoms with Crippen LogP contribution >= 0.6 is 24.0 Å². The molecule has 5 heteroatoms. The minimum Gasteiger partial charge on any atom is -0.370 e. The molecule has 0 heterocycles. The minimum atomic E-state index is 0. The Balaban J connectivity index is 0.00000264. The van der Waals surface area contributed by atoms with Crippen LogP contribution in [0.4, 0.5) is 5.69 Å². The first-order valence-corrected chi connectivity index (χ1v) is 8.36. The van der Waals surface area contributed by atoms with Gasteiger partial charge < -0.3 is 16.0 Å². The normalized spacial score (nSPS) is 17.7. The van der Waals surface area contributed by atoms with Crippen molar-refractivity contribution in [2.75, 3.05) is 26.0 Å². The number of likely N-dealkylation sites (N-methyl/N-ethyl adjacent to an activating group) is 1. The van der Waals surface area contributed by atoms with Gasteiger partial charge in [0.2, 0.25) is 0 Å². The molecule has 23 heavy (non-hydrogen) atoms. The molecule has 130 valence electrons. The zero-order valence-corrected chi connectivity index (χ0v) is 16.9. The van der Waals surface area contributed by atoms with Crippen LogP contribution in [0.5, 0.6) is 0 Å². The fourth-order valence-electron chi connectivity index (χ4n) is 3.27. The predicted octanol–water partition coefficient (Wildman–Crippen LogP) is 3.85. The molecule has 0 amide bonds. The second-order valence-electron chi connectivity index (χ2n) is 6.65. The molecule has 3 N–H and O–H groups in total. The van der Waals surface area contributed by atoms with Crippen LogP contribution in [0.15, 0.2) is 29.3 Å². The van der Waals surface area contributed by atoms with E-state index < -0.39 is 0 Å². The van der Waals surface area contributed by atoms with Crippen LogP contribution in [-0.4, -0.2) is 37.5 Å². The predicted molar refractivity (Wildman–Crippen MR) is 111 cm³/mol. The van der Waals surface area contributed by atoms with E-state index in [2.05, 4.69) is 48.4 Å². The number of nitrogens with two attached hydrogens (primary N) is 1. The molecule has 2 rings (SSSR count). The molecular weight excluding hydrogens is 399 g/mol. The standard InChI is InChI=1S/C18H30N4.HI/c1-14-9-11-16(12-10-14)21-18(19)20-13-17(22(2)3)15-7-5-4-6-8-15;/h9-12,15,17H,4-8,13H2,1-3H3,(H3,19,20,21);1H. The van der Waals surface area contributed by atoms with Crippen molar-refractivity contribution in [3.05, 3.63) is 29.8 Å². The summed E-state index contributed by atoms with van der Waals surface area (Å²) in [7, 11) is 4.30. The summed E-state index contributed by atoms with van der Waals surface area (Å²) in [6, 6.07) is 8.68. The summed E-state index contributed by atoms with van der Waals surface area (Å²) in [5.74, 6) is 1.26. The Bertz CT molecular complexity index is 478. The number of hydrogen-bond acceptors (Lipinski definition) is 2. The van der Waals surface area contributed by atoms with Crippen molar-refractivity contribution >= 4 is 35.6 Å². The van der Waals surface area contributed by atoms with Gasteiger partial charge in [0.1, 0.15) is 0 Å². The Hall–Kier alpha value is -0.820. The number of aryl methyl sites for hydroxylation is 1. The number of nitrogens with zero attached hydrogens (tertiary/aromatic N) is 2. The average molecular weight is 430 g/mol. The second kappa shape index (κ2) is 10.1. The smallest absolute Gasteiger partial charge is 0.193 e. The highest BCUT2D eigenvalue weighted by atomic mass is 127. The molecule has 0 saturated heterocycles. The minimum absolute atomic E-state index is 0. The molecule has 1 aliphatic rings. The van der Waals surface area contributed by atoms with E-state index in [0.717, 1.165) is 18.2 Å². The van der Waals surface area contributed by atoms with Crippen LogP contribution in [0.2, 0.25) is 0 Å². The lowest BCUT2D eigenvalue weighted by molar-refractivity contribution is 0.176. The molecule has 0 radical (unpaired) electrons. The highest BCUT2D eigenvalue weighted by Crippen LogP contribution is 2.28. The summed E-state index contributed by atoms with van der Waals surface area (Å²) in [5, 5.41) is 3.18. The summed E-state index contributed by atoms with van der Waals surface area (Å²) >= 11 is 0. The van der Waals surface area contributed by atoms with Crippen molar-refractivity contribution in [3.8, 4) is 0 Å². The summed E-state index contributed by atoms with van der Waals surface area (Å²) in [5.41, 5.74) is 8.28. The first kappa shape index (κ1) is 20.2. The molecule has 1 fully saturated rings. The molecule has 1 unspecified atom stereocenters. The monoisotopic (exact) mass is 430 g/mol. The highest BCUT2D eigenvalue weighted by molar-refractivity contribution is 14.0. The number of hydrogen-bond donors (Lipinski definition) is 2. The van der Waals surface area contributed by atoms with Gasteiger partial charge in [-0.05, 0) is 51.9 Å². The van der Waals surface area contributed by atoms with Gasteiger partial charge in [-0.1, -0.05) is 37.0 Å². The van der Waals surface area contributed by atoms with Gasteiger partial charge in [0.15, 0.2) is 5.96 Å². The number of rotatable bonds is 5. The lowest BCUT2D eigenvalue weighted by Gasteiger charge is -2.33. The third-order valence-electron chi connectivity index (χ3n) is 4.63. The Labute approximate surface area is 157 Å². The number of benzene rings is 1. The van der Waals surface area contributed by atoms with Crippen molar-refractivity contribution in [3.63, 3.8) is 0 Å². The molecule has 1 saturated carbocycles. The van der Waals surface area contributed by atoms with Crippen molar-refractivity contribution in [1.82, 2.24) is 4.90 Å². The molecule has 0 bridgehead atoms. The molecule has 0 spiro atoms. The van der Waals surface area contributed by atoms with E-state index >= 15 is 0 Å². The van der Waals surface area contributed by atoms with Crippen LogP contribution in [0.25, 0.3) is 0 Å². The van der Waals surface area contributed by atoms with Crippen molar-refractivity contribution < 1.29 is 0 Å². The summed E-state index contributed by atoms with van der Waals surface area (Å²) in [6.07, 6.45) is 6.75. The fraction of sp³-hybridized carbons (Fsp3) is 0.611. The van der Waals surface area contributed by atoms with Crippen molar-refractivity contribution in [1.29, 1.82) is 0 Å². The first-order chi connectivity index (χ1) is 10.6. The summed E-state index contributed by atoms with van der Waals surface area (Å²) in [6.45, 7) is 2.84. The molecule has 1 aromatic carbocycles. The molecule has 0 aromatic heterocycles. The summed E-state index contributed by atoms with van der Waals surface area (Å²) in [4.78, 5) is 6.88. The number of anilines is 1. The maximum atomic E-state index is 6.04. The SMILES string of the molecule is Cc1ccc(NC(N)=NCC(C2CCCCC2)N(C)C)cc1.I. The second-order valence-corrected chi connectivity index (χ2v) is 6.65. The van der Waals surface area contributed by atoms with E-state index in [4.69, 9.17) is 5.73 Å². The number of halogens is 1. The molecule has 1 aliphatic carbocycles. The van der Waals surface area contributed by atoms with E-state index in [1.165, 1.54) is 37.7 Å². The largest absolute Gasteiger partial charge is 0.370 e. The quantitative estimate of drug-likeness (QED) is 0.424. The van der Waals surface area contributed by atoms with Crippen LogP contribution in [-0.2, 0) is 0 Å². The van der Waals surface area contributed by atoms with Crippen LogP contribution in [0.1, 0.15) is 37.7 Å². The lowest BCUT2D eigenvalue weighted by atomic mass is 9.83. The van der Waals surface area contributed by atoms with E-state index in [-0.39, 0.29) is 24.0 Å². The zero-order valence-electron chi connectivity index (χ0n) is 14.6. The maximum Gasteiger partial charge on any atom is 0.193 e.